The zero-order chi connectivity index (χ0) is 12.4. The van der Waals surface area contributed by atoms with Crippen LogP contribution in [0.25, 0.3) is 0 Å². The van der Waals surface area contributed by atoms with Gasteiger partial charge in [0.05, 0.1) is 11.8 Å². The molecule has 17 heavy (non-hydrogen) atoms. The number of carbonyl (C=O) groups excluding carboxylic acids is 1. The molecule has 0 unspecified atom stereocenters. The van der Waals surface area contributed by atoms with E-state index >= 15 is 0 Å². The molecule has 0 radical (unpaired) electrons. The molecule has 0 saturated heterocycles. The molecule has 0 bridgehead atoms. The van der Waals surface area contributed by atoms with Crippen molar-refractivity contribution in [1.82, 2.24) is 0 Å². The lowest BCUT2D eigenvalue weighted by molar-refractivity contribution is 0.102. The molecule has 0 aliphatic heterocycles. The van der Waals surface area contributed by atoms with Crippen LogP contribution in [0.4, 0.5) is 14.5 Å². The van der Waals surface area contributed by atoms with Gasteiger partial charge in [-0.1, -0.05) is 0 Å². The van der Waals surface area contributed by atoms with Gasteiger partial charge in [0.1, 0.15) is 0 Å². The predicted molar refractivity (Wildman–Crippen MR) is 60.7 cm³/mol. The number of anilines is 1. The summed E-state index contributed by atoms with van der Waals surface area (Å²) in [6, 6.07) is 4.57. The van der Waals surface area contributed by atoms with Crippen LogP contribution in [0.2, 0.25) is 0 Å². The minimum Gasteiger partial charge on any atom is -0.457 e. The fraction of sp³-hybridized carbons (Fsp3) is 0. The first-order chi connectivity index (χ1) is 8.08. The molecule has 3 nitrogen and oxygen atoms in total. The number of halogens is 3. The lowest BCUT2D eigenvalue weighted by Gasteiger charge is -2.04. The standard InChI is InChI=1S/C11H6BrF2NO2/c12-10-7(3-4-17-10)11(16)15-6-1-2-8(13)9(14)5-6/h1-5H,(H,15,16). The van der Waals surface area contributed by atoms with E-state index in [1.165, 1.54) is 18.4 Å². The zero-order valence-corrected chi connectivity index (χ0v) is 9.92. The third kappa shape index (κ3) is 2.52. The van der Waals surface area contributed by atoms with Crippen LogP contribution in [0.15, 0.2) is 39.6 Å². The lowest BCUT2D eigenvalue weighted by Crippen LogP contribution is -2.11. The number of benzene rings is 1. The quantitative estimate of drug-likeness (QED) is 0.921. The third-order valence-electron chi connectivity index (χ3n) is 2.04. The Morgan fingerprint density at radius 3 is 2.59 bits per heavy atom. The van der Waals surface area contributed by atoms with Crippen molar-refractivity contribution in [2.75, 3.05) is 5.32 Å². The van der Waals surface area contributed by atoms with E-state index in [0.29, 0.717) is 0 Å². The molecule has 2 rings (SSSR count). The molecule has 1 amide bonds. The second kappa shape index (κ2) is 4.67. The van der Waals surface area contributed by atoms with Gasteiger partial charge in [0.25, 0.3) is 5.91 Å². The van der Waals surface area contributed by atoms with Crippen LogP contribution in [-0.4, -0.2) is 5.91 Å². The van der Waals surface area contributed by atoms with Crippen molar-refractivity contribution in [2.24, 2.45) is 0 Å². The maximum Gasteiger partial charge on any atom is 0.260 e. The van der Waals surface area contributed by atoms with Crippen LogP contribution in [0.1, 0.15) is 10.4 Å². The molecule has 2 aromatic rings. The molecule has 0 atom stereocenters. The van der Waals surface area contributed by atoms with Gasteiger partial charge in [-0.25, -0.2) is 8.78 Å². The second-order valence-corrected chi connectivity index (χ2v) is 3.91. The van der Waals surface area contributed by atoms with Crippen molar-refractivity contribution < 1.29 is 18.0 Å². The van der Waals surface area contributed by atoms with E-state index in [1.807, 2.05) is 0 Å². The number of nitrogens with one attached hydrogen (secondary N) is 1. The average Bonchev–Trinajstić information content (AvgIpc) is 2.70. The number of amides is 1. The van der Waals surface area contributed by atoms with E-state index in [1.54, 1.807) is 0 Å². The SMILES string of the molecule is O=C(Nc1ccc(F)c(F)c1)c1ccoc1Br. The van der Waals surface area contributed by atoms with Gasteiger partial charge in [0.2, 0.25) is 0 Å². The summed E-state index contributed by atoms with van der Waals surface area (Å²) in [7, 11) is 0. The van der Waals surface area contributed by atoms with E-state index < -0.39 is 17.5 Å². The smallest absolute Gasteiger partial charge is 0.260 e. The molecule has 1 aromatic heterocycles. The monoisotopic (exact) mass is 301 g/mol. The van der Waals surface area contributed by atoms with Crippen molar-refractivity contribution in [3.05, 3.63) is 52.4 Å². The number of furan rings is 1. The van der Waals surface area contributed by atoms with Gasteiger partial charge < -0.3 is 9.73 Å². The average molecular weight is 302 g/mol. The highest BCUT2D eigenvalue weighted by Crippen LogP contribution is 2.20. The van der Waals surface area contributed by atoms with Crippen LogP contribution in [0.5, 0.6) is 0 Å². The van der Waals surface area contributed by atoms with Crippen LogP contribution in [0.3, 0.4) is 0 Å². The maximum absolute atomic E-state index is 12.9. The summed E-state index contributed by atoms with van der Waals surface area (Å²) in [6.07, 6.45) is 1.34. The van der Waals surface area contributed by atoms with Crippen molar-refractivity contribution in [1.29, 1.82) is 0 Å². The molecule has 1 heterocycles. The topological polar surface area (TPSA) is 42.2 Å². The summed E-state index contributed by atoms with van der Waals surface area (Å²) in [5.74, 6) is -2.46. The summed E-state index contributed by atoms with van der Waals surface area (Å²) < 4.78 is 30.7. The van der Waals surface area contributed by atoms with E-state index in [-0.39, 0.29) is 15.9 Å². The van der Waals surface area contributed by atoms with Gasteiger partial charge in [-0.2, -0.15) is 0 Å². The van der Waals surface area contributed by atoms with Gasteiger partial charge in [0, 0.05) is 11.8 Å². The number of hydrogen-bond donors (Lipinski definition) is 1. The summed E-state index contributed by atoms with van der Waals surface area (Å²) in [6.45, 7) is 0. The molecule has 6 heteroatoms. The Bertz CT molecular complexity index is 568. The molecular formula is C11H6BrF2NO2. The van der Waals surface area contributed by atoms with E-state index in [0.717, 1.165) is 12.1 Å². The Labute approximate surface area is 104 Å². The largest absolute Gasteiger partial charge is 0.457 e. The summed E-state index contributed by atoms with van der Waals surface area (Å²) in [5, 5.41) is 2.42. The normalized spacial score (nSPS) is 10.3. The molecule has 0 aliphatic rings. The van der Waals surface area contributed by atoms with Gasteiger partial charge in [-0.15, -0.1) is 0 Å². The highest BCUT2D eigenvalue weighted by Gasteiger charge is 2.13. The lowest BCUT2D eigenvalue weighted by atomic mass is 10.2. The van der Waals surface area contributed by atoms with Crippen molar-refractivity contribution in [3.8, 4) is 0 Å². The molecule has 0 aliphatic carbocycles. The van der Waals surface area contributed by atoms with Crippen molar-refractivity contribution in [3.63, 3.8) is 0 Å². The van der Waals surface area contributed by atoms with Crippen LogP contribution < -0.4 is 5.32 Å². The summed E-state index contributed by atoms with van der Waals surface area (Å²) in [5.41, 5.74) is 0.441. The first kappa shape index (κ1) is 11.8. The highest BCUT2D eigenvalue weighted by atomic mass is 79.9. The summed E-state index contributed by atoms with van der Waals surface area (Å²) >= 11 is 3.04. The first-order valence-electron chi connectivity index (χ1n) is 4.57. The van der Waals surface area contributed by atoms with Gasteiger partial charge in [-0.3, -0.25) is 4.79 Å². The zero-order valence-electron chi connectivity index (χ0n) is 8.34. The molecule has 1 N–H and O–H groups in total. The maximum atomic E-state index is 12.9. The van der Waals surface area contributed by atoms with Gasteiger partial charge in [0.15, 0.2) is 16.3 Å². The van der Waals surface area contributed by atoms with E-state index in [4.69, 9.17) is 4.42 Å². The molecule has 88 valence electrons. The van der Waals surface area contributed by atoms with Crippen molar-refractivity contribution >= 4 is 27.5 Å². The Morgan fingerprint density at radius 2 is 2.00 bits per heavy atom. The Hall–Kier alpha value is -1.69. The molecule has 0 saturated carbocycles. The molecule has 0 spiro atoms. The molecule has 1 aromatic carbocycles. The summed E-state index contributed by atoms with van der Waals surface area (Å²) in [4.78, 5) is 11.7. The molecular weight excluding hydrogens is 296 g/mol. The first-order valence-corrected chi connectivity index (χ1v) is 5.36. The molecule has 0 fully saturated rings. The van der Waals surface area contributed by atoms with Crippen LogP contribution in [0, 0.1) is 11.6 Å². The Kier molecular flexibility index (Phi) is 3.23. The van der Waals surface area contributed by atoms with Gasteiger partial charge >= 0.3 is 0 Å². The van der Waals surface area contributed by atoms with Crippen LogP contribution >= 0.6 is 15.9 Å². The third-order valence-corrected chi connectivity index (χ3v) is 2.65. The Balaban J connectivity index is 2.19. The minimum atomic E-state index is -1.02. The van der Waals surface area contributed by atoms with Gasteiger partial charge in [-0.05, 0) is 34.1 Å². The van der Waals surface area contributed by atoms with E-state index in [9.17, 15) is 13.6 Å². The fourth-order valence-corrected chi connectivity index (χ4v) is 1.65. The number of hydrogen-bond acceptors (Lipinski definition) is 2. The number of rotatable bonds is 2. The van der Waals surface area contributed by atoms with Crippen LogP contribution in [-0.2, 0) is 0 Å². The highest BCUT2D eigenvalue weighted by molar-refractivity contribution is 9.10. The van der Waals surface area contributed by atoms with Crippen molar-refractivity contribution in [2.45, 2.75) is 0 Å². The number of carbonyl (C=O) groups is 1. The fourth-order valence-electron chi connectivity index (χ4n) is 1.23. The van der Waals surface area contributed by atoms with E-state index in [2.05, 4.69) is 21.2 Å². The second-order valence-electron chi connectivity index (χ2n) is 3.19. The Morgan fingerprint density at radius 1 is 1.24 bits per heavy atom. The predicted octanol–water partition coefficient (Wildman–Crippen LogP) is 3.57. The minimum absolute atomic E-state index is 0.169.